The lowest BCUT2D eigenvalue weighted by Crippen LogP contribution is -2.42. The molecule has 3 unspecified atom stereocenters. The van der Waals surface area contributed by atoms with Crippen LogP contribution in [0.25, 0.3) is 0 Å². The predicted octanol–water partition coefficient (Wildman–Crippen LogP) is 2.74. The zero-order valence-corrected chi connectivity index (χ0v) is 11.8. The van der Waals surface area contributed by atoms with E-state index in [2.05, 4.69) is 45.0 Å². The number of rotatable bonds is 8. The number of nitrogens with one attached hydrogen (secondary N) is 1. The average Bonchev–Trinajstić information content (AvgIpc) is 2.88. The standard InChI is InChI=1S/C14H30N2/c1-6-7-14(9-15-11(2)3)16(5)10-13-8-12(13)4/h11-15H,6-10H2,1-5H3. The van der Waals surface area contributed by atoms with Gasteiger partial charge in [-0.05, 0) is 31.7 Å². The molecule has 96 valence electrons. The van der Waals surface area contributed by atoms with Gasteiger partial charge in [0.25, 0.3) is 0 Å². The van der Waals surface area contributed by atoms with Gasteiger partial charge in [0, 0.05) is 25.2 Å². The smallest absolute Gasteiger partial charge is 0.0217 e. The van der Waals surface area contributed by atoms with Gasteiger partial charge in [-0.3, -0.25) is 0 Å². The van der Waals surface area contributed by atoms with Crippen molar-refractivity contribution >= 4 is 0 Å². The van der Waals surface area contributed by atoms with E-state index in [0.29, 0.717) is 6.04 Å². The van der Waals surface area contributed by atoms with E-state index in [-0.39, 0.29) is 0 Å². The zero-order chi connectivity index (χ0) is 12.1. The number of hydrogen-bond donors (Lipinski definition) is 1. The molecule has 0 aliphatic heterocycles. The molecule has 1 N–H and O–H groups in total. The highest BCUT2D eigenvalue weighted by Crippen LogP contribution is 2.38. The summed E-state index contributed by atoms with van der Waals surface area (Å²) in [6.45, 7) is 11.6. The van der Waals surface area contributed by atoms with E-state index < -0.39 is 0 Å². The van der Waals surface area contributed by atoms with Crippen molar-refractivity contribution < 1.29 is 0 Å². The van der Waals surface area contributed by atoms with Crippen LogP contribution in [0.2, 0.25) is 0 Å². The minimum atomic E-state index is 0.604. The Morgan fingerprint density at radius 1 is 1.38 bits per heavy atom. The van der Waals surface area contributed by atoms with Gasteiger partial charge >= 0.3 is 0 Å². The Labute approximate surface area is 102 Å². The van der Waals surface area contributed by atoms with E-state index in [1.165, 1.54) is 25.8 Å². The first kappa shape index (κ1) is 14.0. The molecule has 0 spiro atoms. The third-order valence-electron chi connectivity index (χ3n) is 3.81. The summed E-state index contributed by atoms with van der Waals surface area (Å²) in [5.74, 6) is 1.95. The zero-order valence-electron chi connectivity index (χ0n) is 11.8. The van der Waals surface area contributed by atoms with Gasteiger partial charge in [0.1, 0.15) is 0 Å². The molecule has 0 aromatic carbocycles. The van der Waals surface area contributed by atoms with Crippen molar-refractivity contribution in [1.29, 1.82) is 0 Å². The van der Waals surface area contributed by atoms with Crippen molar-refractivity contribution in [2.75, 3.05) is 20.1 Å². The second-order valence-corrected chi connectivity index (χ2v) is 5.92. The van der Waals surface area contributed by atoms with Crippen LogP contribution in [0.1, 0.15) is 47.0 Å². The van der Waals surface area contributed by atoms with Gasteiger partial charge in [-0.25, -0.2) is 0 Å². The molecule has 0 heterocycles. The van der Waals surface area contributed by atoms with Crippen LogP contribution in [0.5, 0.6) is 0 Å². The Bertz CT molecular complexity index is 191. The van der Waals surface area contributed by atoms with Crippen molar-refractivity contribution in [3.8, 4) is 0 Å². The third-order valence-corrected chi connectivity index (χ3v) is 3.81. The fourth-order valence-electron chi connectivity index (χ4n) is 2.36. The van der Waals surface area contributed by atoms with Crippen LogP contribution in [0, 0.1) is 11.8 Å². The summed E-state index contributed by atoms with van der Waals surface area (Å²) in [5, 5.41) is 3.57. The van der Waals surface area contributed by atoms with Gasteiger partial charge in [-0.15, -0.1) is 0 Å². The maximum Gasteiger partial charge on any atom is 0.0217 e. The first-order chi connectivity index (χ1) is 7.54. The van der Waals surface area contributed by atoms with E-state index in [1.807, 2.05) is 0 Å². The van der Waals surface area contributed by atoms with Crippen LogP contribution in [0.4, 0.5) is 0 Å². The van der Waals surface area contributed by atoms with E-state index in [0.717, 1.165) is 24.4 Å². The first-order valence-corrected chi connectivity index (χ1v) is 6.98. The highest BCUT2D eigenvalue weighted by atomic mass is 15.2. The molecular formula is C14H30N2. The summed E-state index contributed by atoms with van der Waals surface area (Å²) in [4.78, 5) is 2.58. The van der Waals surface area contributed by atoms with Crippen molar-refractivity contribution in [3.05, 3.63) is 0 Å². The maximum atomic E-state index is 3.57. The van der Waals surface area contributed by atoms with Gasteiger partial charge < -0.3 is 10.2 Å². The van der Waals surface area contributed by atoms with Crippen LogP contribution in [-0.4, -0.2) is 37.1 Å². The first-order valence-electron chi connectivity index (χ1n) is 6.98. The summed E-state index contributed by atoms with van der Waals surface area (Å²) in [5.41, 5.74) is 0. The molecule has 1 saturated carbocycles. The van der Waals surface area contributed by atoms with E-state index >= 15 is 0 Å². The van der Waals surface area contributed by atoms with Crippen LogP contribution >= 0.6 is 0 Å². The van der Waals surface area contributed by atoms with Crippen molar-refractivity contribution in [3.63, 3.8) is 0 Å². The summed E-state index contributed by atoms with van der Waals surface area (Å²) < 4.78 is 0. The Morgan fingerprint density at radius 3 is 2.44 bits per heavy atom. The summed E-state index contributed by atoms with van der Waals surface area (Å²) in [6, 6.07) is 1.33. The Kier molecular flexibility index (Phi) is 5.77. The minimum Gasteiger partial charge on any atom is -0.313 e. The molecule has 0 aromatic heterocycles. The maximum absolute atomic E-state index is 3.57. The molecule has 2 heteroatoms. The molecule has 0 aromatic rings. The molecule has 16 heavy (non-hydrogen) atoms. The summed E-state index contributed by atoms with van der Waals surface area (Å²) in [7, 11) is 2.30. The van der Waals surface area contributed by atoms with E-state index in [4.69, 9.17) is 0 Å². The molecule has 1 fully saturated rings. The second-order valence-electron chi connectivity index (χ2n) is 5.92. The fourth-order valence-corrected chi connectivity index (χ4v) is 2.36. The largest absolute Gasteiger partial charge is 0.313 e. The van der Waals surface area contributed by atoms with Gasteiger partial charge in [0.2, 0.25) is 0 Å². The number of hydrogen-bond acceptors (Lipinski definition) is 2. The quantitative estimate of drug-likeness (QED) is 0.684. The Balaban J connectivity index is 2.29. The van der Waals surface area contributed by atoms with Crippen molar-refractivity contribution in [2.24, 2.45) is 11.8 Å². The molecule has 2 nitrogen and oxygen atoms in total. The molecular weight excluding hydrogens is 196 g/mol. The fraction of sp³-hybridized carbons (Fsp3) is 1.00. The second kappa shape index (κ2) is 6.61. The lowest BCUT2D eigenvalue weighted by atomic mass is 10.1. The van der Waals surface area contributed by atoms with Gasteiger partial charge in [-0.2, -0.15) is 0 Å². The van der Waals surface area contributed by atoms with Crippen LogP contribution in [0.3, 0.4) is 0 Å². The molecule has 3 atom stereocenters. The lowest BCUT2D eigenvalue weighted by Gasteiger charge is -2.29. The highest BCUT2D eigenvalue weighted by molar-refractivity contribution is 4.86. The van der Waals surface area contributed by atoms with Crippen LogP contribution < -0.4 is 5.32 Å². The molecule has 0 amide bonds. The lowest BCUT2D eigenvalue weighted by molar-refractivity contribution is 0.209. The van der Waals surface area contributed by atoms with Gasteiger partial charge in [0.05, 0.1) is 0 Å². The highest BCUT2D eigenvalue weighted by Gasteiger charge is 2.34. The summed E-state index contributed by atoms with van der Waals surface area (Å²) >= 11 is 0. The number of likely N-dealkylation sites (N-methyl/N-ethyl adjacent to an activating group) is 1. The van der Waals surface area contributed by atoms with Crippen molar-refractivity contribution in [2.45, 2.75) is 59.0 Å². The van der Waals surface area contributed by atoms with Gasteiger partial charge in [0.15, 0.2) is 0 Å². The monoisotopic (exact) mass is 226 g/mol. The van der Waals surface area contributed by atoms with E-state index in [9.17, 15) is 0 Å². The van der Waals surface area contributed by atoms with Crippen LogP contribution in [0.15, 0.2) is 0 Å². The normalized spacial score (nSPS) is 26.4. The average molecular weight is 226 g/mol. The van der Waals surface area contributed by atoms with Crippen LogP contribution in [-0.2, 0) is 0 Å². The third kappa shape index (κ3) is 4.84. The topological polar surface area (TPSA) is 15.3 Å². The van der Waals surface area contributed by atoms with E-state index in [1.54, 1.807) is 0 Å². The molecule has 1 aliphatic carbocycles. The molecule has 0 bridgehead atoms. The van der Waals surface area contributed by atoms with Gasteiger partial charge in [-0.1, -0.05) is 34.1 Å². The SMILES string of the molecule is CCCC(CNC(C)C)N(C)CC1CC1C. The Morgan fingerprint density at radius 2 is 2.00 bits per heavy atom. The summed E-state index contributed by atoms with van der Waals surface area (Å²) in [6.07, 6.45) is 4.05. The molecule has 1 rings (SSSR count). The molecule has 0 radical (unpaired) electrons. The predicted molar refractivity (Wildman–Crippen MR) is 71.7 cm³/mol. The minimum absolute atomic E-state index is 0.604. The molecule has 0 saturated heterocycles. The Hall–Kier alpha value is -0.0800. The molecule has 1 aliphatic rings. The number of nitrogens with zero attached hydrogens (tertiary/aromatic N) is 1. The van der Waals surface area contributed by atoms with Crippen molar-refractivity contribution in [1.82, 2.24) is 10.2 Å².